The van der Waals surface area contributed by atoms with Gasteiger partial charge >= 0.3 is 0 Å². The molecule has 0 fully saturated rings. The van der Waals surface area contributed by atoms with E-state index in [-0.39, 0.29) is 24.8 Å². The number of carbonyl (C=O) groups excluding carboxylic acids is 2. The number of hydrogen-bond donors (Lipinski definition) is 1. The predicted octanol–water partition coefficient (Wildman–Crippen LogP) is 2.66. The van der Waals surface area contributed by atoms with Crippen LogP contribution in [0.1, 0.15) is 5.56 Å². The molecule has 2 aromatic carbocycles. The summed E-state index contributed by atoms with van der Waals surface area (Å²) < 4.78 is 0. The number of rotatable bonds is 5. The van der Waals surface area contributed by atoms with Crippen LogP contribution in [0.15, 0.2) is 54.6 Å². The first-order valence-electron chi connectivity index (χ1n) is 6.89. The standard InChI is InChI=1S/C17H17ClN2O2/c1-20(15-5-3-2-4-6-15)17(22)12-19-16(21)11-13-7-9-14(18)10-8-13/h2-10H,11-12H2,1H3,(H,19,21). The third kappa shape index (κ3) is 4.60. The van der Waals surface area contributed by atoms with Crippen LogP contribution in [0.2, 0.25) is 5.02 Å². The van der Waals surface area contributed by atoms with E-state index in [1.54, 1.807) is 31.3 Å². The Morgan fingerprint density at radius 2 is 1.68 bits per heavy atom. The van der Waals surface area contributed by atoms with Gasteiger partial charge in [0.2, 0.25) is 11.8 Å². The summed E-state index contributed by atoms with van der Waals surface area (Å²) in [5.74, 6) is -0.368. The number of likely N-dealkylation sites (N-methyl/N-ethyl adjacent to an activating group) is 1. The number of hydrogen-bond acceptors (Lipinski definition) is 2. The van der Waals surface area contributed by atoms with E-state index in [1.807, 2.05) is 30.3 Å². The van der Waals surface area contributed by atoms with E-state index in [2.05, 4.69) is 5.32 Å². The van der Waals surface area contributed by atoms with Crippen molar-refractivity contribution in [2.75, 3.05) is 18.5 Å². The molecule has 0 saturated heterocycles. The molecule has 114 valence electrons. The maximum atomic E-state index is 12.0. The van der Waals surface area contributed by atoms with Crippen LogP contribution in [0, 0.1) is 0 Å². The van der Waals surface area contributed by atoms with Crippen molar-refractivity contribution in [1.29, 1.82) is 0 Å². The number of nitrogens with zero attached hydrogens (tertiary/aromatic N) is 1. The minimum absolute atomic E-state index is 0.0299. The molecule has 0 aliphatic heterocycles. The third-order valence-corrected chi connectivity index (χ3v) is 3.48. The Kier molecular flexibility index (Phi) is 5.55. The zero-order chi connectivity index (χ0) is 15.9. The van der Waals surface area contributed by atoms with Crippen molar-refractivity contribution in [3.63, 3.8) is 0 Å². The second-order valence-electron chi connectivity index (χ2n) is 4.87. The Labute approximate surface area is 134 Å². The Balaban J connectivity index is 1.83. The van der Waals surface area contributed by atoms with Gasteiger partial charge in [-0.3, -0.25) is 9.59 Å². The van der Waals surface area contributed by atoms with E-state index in [9.17, 15) is 9.59 Å². The highest BCUT2D eigenvalue weighted by Crippen LogP contribution is 2.11. The van der Waals surface area contributed by atoms with Gasteiger partial charge in [-0.15, -0.1) is 0 Å². The number of anilines is 1. The van der Waals surface area contributed by atoms with Gasteiger partial charge in [-0.1, -0.05) is 41.9 Å². The molecule has 0 unspecified atom stereocenters. The van der Waals surface area contributed by atoms with E-state index in [0.29, 0.717) is 5.02 Å². The summed E-state index contributed by atoms with van der Waals surface area (Å²) in [7, 11) is 1.68. The van der Waals surface area contributed by atoms with E-state index < -0.39 is 0 Å². The smallest absolute Gasteiger partial charge is 0.246 e. The molecule has 5 heteroatoms. The molecular formula is C17H17ClN2O2. The molecule has 0 aliphatic rings. The van der Waals surface area contributed by atoms with E-state index in [4.69, 9.17) is 11.6 Å². The first-order valence-corrected chi connectivity index (χ1v) is 7.27. The molecule has 0 aromatic heterocycles. The van der Waals surface area contributed by atoms with Crippen molar-refractivity contribution in [3.05, 3.63) is 65.2 Å². The van der Waals surface area contributed by atoms with Gasteiger partial charge in [-0.05, 0) is 29.8 Å². The largest absolute Gasteiger partial charge is 0.347 e. The zero-order valence-electron chi connectivity index (χ0n) is 12.3. The minimum atomic E-state index is -0.197. The first kappa shape index (κ1) is 16.0. The predicted molar refractivity (Wildman–Crippen MR) is 88.0 cm³/mol. The lowest BCUT2D eigenvalue weighted by Gasteiger charge is -2.17. The number of halogens is 1. The summed E-state index contributed by atoms with van der Waals surface area (Å²) in [6.07, 6.45) is 0.222. The molecule has 4 nitrogen and oxygen atoms in total. The van der Waals surface area contributed by atoms with E-state index in [0.717, 1.165) is 11.3 Å². The van der Waals surface area contributed by atoms with Crippen molar-refractivity contribution in [2.24, 2.45) is 0 Å². The van der Waals surface area contributed by atoms with Crippen molar-refractivity contribution in [3.8, 4) is 0 Å². The lowest BCUT2D eigenvalue weighted by molar-refractivity contribution is -0.124. The fraction of sp³-hybridized carbons (Fsp3) is 0.176. The van der Waals surface area contributed by atoms with Crippen LogP contribution in [0.25, 0.3) is 0 Å². The van der Waals surface area contributed by atoms with Gasteiger partial charge in [-0.2, -0.15) is 0 Å². The highest BCUT2D eigenvalue weighted by Gasteiger charge is 2.12. The highest BCUT2D eigenvalue weighted by molar-refractivity contribution is 6.30. The molecule has 2 rings (SSSR count). The molecule has 1 N–H and O–H groups in total. The Hall–Kier alpha value is -2.33. The van der Waals surface area contributed by atoms with Crippen molar-refractivity contribution < 1.29 is 9.59 Å². The topological polar surface area (TPSA) is 49.4 Å². The maximum Gasteiger partial charge on any atom is 0.246 e. The Morgan fingerprint density at radius 3 is 2.32 bits per heavy atom. The van der Waals surface area contributed by atoms with Gasteiger partial charge in [0.05, 0.1) is 13.0 Å². The summed E-state index contributed by atoms with van der Waals surface area (Å²) in [6.45, 7) is -0.0299. The Morgan fingerprint density at radius 1 is 1.05 bits per heavy atom. The quantitative estimate of drug-likeness (QED) is 0.922. The third-order valence-electron chi connectivity index (χ3n) is 3.23. The SMILES string of the molecule is CN(C(=O)CNC(=O)Cc1ccc(Cl)cc1)c1ccccc1. The van der Waals surface area contributed by atoms with E-state index in [1.165, 1.54) is 4.90 Å². The normalized spacial score (nSPS) is 10.1. The summed E-state index contributed by atoms with van der Waals surface area (Å²) in [5.41, 5.74) is 1.64. The second kappa shape index (κ2) is 7.61. The molecule has 0 saturated carbocycles. The van der Waals surface area contributed by atoms with Crippen LogP contribution >= 0.6 is 11.6 Å². The van der Waals surface area contributed by atoms with Crippen molar-refractivity contribution in [2.45, 2.75) is 6.42 Å². The number of amides is 2. The summed E-state index contributed by atoms with van der Waals surface area (Å²) in [6, 6.07) is 16.3. The molecule has 0 heterocycles. The fourth-order valence-corrected chi connectivity index (χ4v) is 2.06. The van der Waals surface area contributed by atoms with Gasteiger partial charge in [0.1, 0.15) is 0 Å². The van der Waals surface area contributed by atoms with Gasteiger partial charge in [0.15, 0.2) is 0 Å². The highest BCUT2D eigenvalue weighted by atomic mass is 35.5. The number of para-hydroxylation sites is 1. The molecule has 0 atom stereocenters. The Bertz CT molecular complexity index is 641. The van der Waals surface area contributed by atoms with Gasteiger partial charge in [0.25, 0.3) is 0 Å². The van der Waals surface area contributed by atoms with E-state index >= 15 is 0 Å². The van der Waals surface area contributed by atoms with Gasteiger partial charge < -0.3 is 10.2 Å². The number of nitrogens with one attached hydrogen (secondary N) is 1. The molecular weight excluding hydrogens is 300 g/mol. The van der Waals surface area contributed by atoms with Gasteiger partial charge in [-0.25, -0.2) is 0 Å². The van der Waals surface area contributed by atoms with Crippen LogP contribution in [0.4, 0.5) is 5.69 Å². The maximum absolute atomic E-state index is 12.0. The van der Waals surface area contributed by atoms with Gasteiger partial charge in [0, 0.05) is 17.8 Å². The van der Waals surface area contributed by atoms with Crippen molar-refractivity contribution in [1.82, 2.24) is 5.32 Å². The molecule has 0 aliphatic carbocycles. The molecule has 22 heavy (non-hydrogen) atoms. The van der Waals surface area contributed by atoms with Crippen LogP contribution in [0.3, 0.4) is 0 Å². The van der Waals surface area contributed by atoms with Crippen LogP contribution in [-0.2, 0) is 16.0 Å². The lowest BCUT2D eigenvalue weighted by Crippen LogP contribution is -2.38. The second-order valence-corrected chi connectivity index (χ2v) is 5.30. The average molecular weight is 317 g/mol. The number of benzene rings is 2. The molecule has 0 spiro atoms. The van der Waals surface area contributed by atoms with Crippen LogP contribution in [-0.4, -0.2) is 25.4 Å². The fourth-order valence-electron chi connectivity index (χ4n) is 1.94. The van der Waals surface area contributed by atoms with Crippen LogP contribution < -0.4 is 10.2 Å². The zero-order valence-corrected chi connectivity index (χ0v) is 13.0. The minimum Gasteiger partial charge on any atom is -0.347 e. The molecule has 2 aromatic rings. The molecule has 2 amide bonds. The monoisotopic (exact) mass is 316 g/mol. The molecule has 0 bridgehead atoms. The lowest BCUT2D eigenvalue weighted by atomic mass is 10.1. The summed E-state index contributed by atoms with van der Waals surface area (Å²) in [5, 5.41) is 3.26. The first-order chi connectivity index (χ1) is 10.6. The summed E-state index contributed by atoms with van der Waals surface area (Å²) >= 11 is 5.79. The number of carbonyl (C=O) groups is 2. The average Bonchev–Trinajstić information content (AvgIpc) is 2.55. The van der Waals surface area contributed by atoms with Crippen LogP contribution in [0.5, 0.6) is 0 Å². The molecule has 0 radical (unpaired) electrons. The summed E-state index contributed by atoms with van der Waals surface area (Å²) in [4.78, 5) is 25.4. The van der Waals surface area contributed by atoms with Crippen molar-refractivity contribution >= 4 is 29.1 Å².